The molecule has 2 aromatic carbocycles. The van der Waals surface area contributed by atoms with Crippen LogP contribution in [0, 0.1) is 5.82 Å². The zero-order valence-corrected chi connectivity index (χ0v) is 11.9. The second-order valence-corrected chi connectivity index (χ2v) is 6.11. The Balaban J connectivity index is 2.30. The van der Waals surface area contributed by atoms with Gasteiger partial charge in [0.15, 0.2) is 0 Å². The van der Waals surface area contributed by atoms with Crippen molar-refractivity contribution in [2.75, 3.05) is 0 Å². The highest BCUT2D eigenvalue weighted by atomic mass is 32.2. The third kappa shape index (κ3) is 3.23. The molecule has 0 radical (unpaired) electrons. The van der Waals surface area contributed by atoms with E-state index in [2.05, 4.69) is 4.72 Å². The quantitative estimate of drug-likeness (QED) is 0.919. The summed E-state index contributed by atoms with van der Waals surface area (Å²) in [7, 11) is -3.88. The lowest BCUT2D eigenvalue weighted by Crippen LogP contribution is -2.29. The Morgan fingerprint density at radius 2 is 1.65 bits per heavy atom. The van der Waals surface area contributed by atoms with Gasteiger partial charge in [0.2, 0.25) is 10.0 Å². The van der Waals surface area contributed by atoms with Crippen molar-refractivity contribution in [3.63, 3.8) is 0 Å². The fourth-order valence-corrected chi connectivity index (χ4v) is 3.37. The zero-order chi connectivity index (χ0) is 14.6. The van der Waals surface area contributed by atoms with Crippen molar-refractivity contribution in [3.8, 4) is 0 Å². The Morgan fingerprint density at radius 1 is 1.05 bits per heavy atom. The summed E-state index contributed by atoms with van der Waals surface area (Å²) in [6.07, 6.45) is 0.581. The van der Waals surface area contributed by atoms with E-state index in [4.69, 9.17) is 0 Å². The lowest BCUT2D eigenvalue weighted by atomic mass is 10.1. The van der Waals surface area contributed by atoms with Crippen molar-refractivity contribution in [2.24, 2.45) is 0 Å². The molecule has 0 heterocycles. The molecule has 0 amide bonds. The maximum absolute atomic E-state index is 13.6. The Morgan fingerprint density at radius 3 is 2.25 bits per heavy atom. The molecule has 0 saturated heterocycles. The smallest absolute Gasteiger partial charge is 0.207 e. The van der Waals surface area contributed by atoms with Crippen LogP contribution in [0.4, 0.5) is 4.39 Å². The van der Waals surface area contributed by atoms with Gasteiger partial charge in [-0.3, -0.25) is 0 Å². The molecular weight excluding hydrogens is 277 g/mol. The number of rotatable bonds is 5. The van der Waals surface area contributed by atoms with E-state index in [0.29, 0.717) is 6.42 Å². The summed E-state index contributed by atoms with van der Waals surface area (Å²) in [6.45, 7) is 1.88. The highest BCUT2D eigenvalue weighted by Crippen LogP contribution is 2.21. The molecule has 0 aliphatic rings. The van der Waals surface area contributed by atoms with Gasteiger partial charge in [-0.2, -0.15) is 0 Å². The predicted molar refractivity (Wildman–Crippen MR) is 76.2 cm³/mol. The first-order chi connectivity index (χ1) is 9.54. The summed E-state index contributed by atoms with van der Waals surface area (Å²) >= 11 is 0. The highest BCUT2D eigenvalue weighted by Gasteiger charge is 2.22. The van der Waals surface area contributed by atoms with E-state index in [0.717, 1.165) is 11.6 Å². The molecular formula is C15H16FNO2S. The lowest BCUT2D eigenvalue weighted by Gasteiger charge is -2.17. The maximum Gasteiger partial charge on any atom is 0.244 e. The first-order valence-electron chi connectivity index (χ1n) is 6.36. The van der Waals surface area contributed by atoms with E-state index in [9.17, 15) is 12.8 Å². The first-order valence-corrected chi connectivity index (χ1v) is 7.84. The summed E-state index contributed by atoms with van der Waals surface area (Å²) in [5.41, 5.74) is 0.856. The average molecular weight is 293 g/mol. The minimum absolute atomic E-state index is 0.325. The van der Waals surface area contributed by atoms with Gasteiger partial charge in [0.25, 0.3) is 0 Å². The molecule has 0 aliphatic heterocycles. The molecule has 20 heavy (non-hydrogen) atoms. The van der Waals surface area contributed by atoms with Crippen molar-refractivity contribution in [2.45, 2.75) is 24.3 Å². The summed E-state index contributed by atoms with van der Waals surface area (Å²) in [5.74, 6) is -0.747. The summed E-state index contributed by atoms with van der Waals surface area (Å²) in [4.78, 5) is -0.325. The van der Waals surface area contributed by atoms with Crippen LogP contribution in [0.25, 0.3) is 0 Å². The molecule has 0 aliphatic carbocycles. The molecule has 0 fully saturated rings. The molecule has 1 N–H and O–H groups in total. The number of hydrogen-bond acceptors (Lipinski definition) is 2. The topological polar surface area (TPSA) is 46.2 Å². The molecule has 0 aromatic heterocycles. The van der Waals surface area contributed by atoms with Crippen molar-refractivity contribution < 1.29 is 12.8 Å². The Hall–Kier alpha value is -1.72. The van der Waals surface area contributed by atoms with Crippen LogP contribution in [0.15, 0.2) is 59.5 Å². The zero-order valence-electron chi connectivity index (χ0n) is 11.1. The van der Waals surface area contributed by atoms with E-state index in [1.807, 2.05) is 37.3 Å². The Labute approximate surface area is 118 Å². The van der Waals surface area contributed by atoms with Gasteiger partial charge in [-0.25, -0.2) is 17.5 Å². The van der Waals surface area contributed by atoms with Crippen LogP contribution in [0.5, 0.6) is 0 Å². The molecule has 3 nitrogen and oxygen atoms in total. The van der Waals surface area contributed by atoms with Crippen LogP contribution in [0.2, 0.25) is 0 Å². The highest BCUT2D eigenvalue weighted by molar-refractivity contribution is 7.89. The fourth-order valence-electron chi connectivity index (χ4n) is 1.99. The standard InChI is InChI=1S/C15H16FNO2S/c1-2-14(12-8-4-3-5-9-12)17-20(18,19)15-11-7-6-10-13(15)16/h3-11,14,17H,2H2,1H3/t14-/m0/s1. The molecule has 0 spiro atoms. The van der Waals surface area contributed by atoms with E-state index in [1.165, 1.54) is 18.2 Å². The monoisotopic (exact) mass is 293 g/mol. The molecule has 1 atom stereocenters. The SMILES string of the molecule is CC[C@H](NS(=O)(=O)c1ccccc1F)c1ccccc1. The number of nitrogens with one attached hydrogen (secondary N) is 1. The average Bonchev–Trinajstić information content (AvgIpc) is 2.46. The van der Waals surface area contributed by atoms with E-state index < -0.39 is 15.8 Å². The Kier molecular flexibility index (Phi) is 4.52. The van der Waals surface area contributed by atoms with Crippen LogP contribution < -0.4 is 4.72 Å². The molecule has 106 valence electrons. The first kappa shape index (κ1) is 14.7. The third-order valence-corrected chi connectivity index (χ3v) is 4.54. The van der Waals surface area contributed by atoms with Gasteiger partial charge in [0, 0.05) is 6.04 Å². The van der Waals surface area contributed by atoms with Crippen molar-refractivity contribution in [1.29, 1.82) is 0 Å². The minimum Gasteiger partial charge on any atom is -0.207 e. The maximum atomic E-state index is 13.6. The Bertz CT molecular complexity index is 671. The molecule has 0 saturated carbocycles. The molecule has 5 heteroatoms. The number of hydrogen-bond donors (Lipinski definition) is 1. The van der Waals surface area contributed by atoms with Crippen LogP contribution >= 0.6 is 0 Å². The van der Waals surface area contributed by atoms with Crippen molar-refractivity contribution >= 4 is 10.0 Å². The summed E-state index contributed by atoms with van der Waals surface area (Å²) in [6, 6.07) is 14.2. The van der Waals surface area contributed by atoms with Crippen LogP contribution in [-0.4, -0.2) is 8.42 Å². The van der Waals surface area contributed by atoms with E-state index in [-0.39, 0.29) is 10.9 Å². The van der Waals surface area contributed by atoms with Crippen molar-refractivity contribution in [1.82, 2.24) is 4.72 Å². The van der Waals surface area contributed by atoms with Gasteiger partial charge in [-0.1, -0.05) is 49.4 Å². The van der Waals surface area contributed by atoms with Gasteiger partial charge in [0.05, 0.1) is 0 Å². The lowest BCUT2D eigenvalue weighted by molar-refractivity contribution is 0.535. The second-order valence-electron chi connectivity index (χ2n) is 4.42. The molecule has 0 unspecified atom stereocenters. The van der Waals surface area contributed by atoms with Gasteiger partial charge in [-0.15, -0.1) is 0 Å². The van der Waals surface area contributed by atoms with Gasteiger partial charge in [0.1, 0.15) is 10.7 Å². The number of sulfonamides is 1. The molecule has 2 rings (SSSR count). The normalized spacial score (nSPS) is 13.1. The van der Waals surface area contributed by atoms with Gasteiger partial charge >= 0.3 is 0 Å². The molecule has 2 aromatic rings. The van der Waals surface area contributed by atoms with Crippen LogP contribution in [0.3, 0.4) is 0 Å². The third-order valence-electron chi connectivity index (χ3n) is 3.03. The number of benzene rings is 2. The summed E-state index contributed by atoms with van der Waals surface area (Å²) in [5, 5.41) is 0. The fraction of sp³-hybridized carbons (Fsp3) is 0.200. The minimum atomic E-state index is -3.88. The summed E-state index contributed by atoms with van der Waals surface area (Å²) < 4.78 is 40.7. The van der Waals surface area contributed by atoms with Crippen molar-refractivity contribution in [3.05, 3.63) is 66.0 Å². The predicted octanol–water partition coefficient (Wildman–Crippen LogP) is 3.26. The number of halogens is 1. The van der Waals surface area contributed by atoms with Crippen LogP contribution in [-0.2, 0) is 10.0 Å². The molecule has 0 bridgehead atoms. The van der Waals surface area contributed by atoms with Gasteiger partial charge in [-0.05, 0) is 24.1 Å². The van der Waals surface area contributed by atoms with E-state index in [1.54, 1.807) is 0 Å². The largest absolute Gasteiger partial charge is 0.244 e. The van der Waals surface area contributed by atoms with Gasteiger partial charge < -0.3 is 0 Å². The second kappa shape index (κ2) is 6.15. The van der Waals surface area contributed by atoms with Crippen LogP contribution in [0.1, 0.15) is 24.9 Å². The van der Waals surface area contributed by atoms with E-state index >= 15 is 0 Å².